The van der Waals surface area contributed by atoms with Crippen molar-refractivity contribution in [3.8, 4) is 0 Å². The number of hydrogen-bond acceptors (Lipinski definition) is 7. The highest BCUT2D eigenvalue weighted by atomic mass is 35.5. The average molecular weight is 636 g/mol. The van der Waals surface area contributed by atoms with E-state index in [1.807, 2.05) is 12.1 Å². The number of nitrogens with one attached hydrogen (secondary N) is 2. The maximum atomic E-state index is 15.3. The lowest BCUT2D eigenvalue weighted by atomic mass is 9.67. The Labute approximate surface area is 257 Å². The molecule has 1 amide bonds. The Hall–Kier alpha value is -2.57. The molecule has 3 saturated heterocycles. The summed E-state index contributed by atoms with van der Waals surface area (Å²) in [4.78, 5) is 26.7. The van der Waals surface area contributed by atoms with Gasteiger partial charge in [0.25, 0.3) is 0 Å². The van der Waals surface area contributed by atoms with Crippen LogP contribution in [0.3, 0.4) is 0 Å². The van der Waals surface area contributed by atoms with Crippen molar-refractivity contribution < 1.29 is 31.9 Å². The molecule has 2 aromatic rings. The lowest BCUT2D eigenvalue weighted by Gasteiger charge is -2.43. The number of fused-ring (bicyclic) bond motifs is 2. The highest BCUT2D eigenvalue weighted by molar-refractivity contribution is 7.89. The summed E-state index contributed by atoms with van der Waals surface area (Å²) in [6, 6.07) is 10.7. The molecule has 3 aliphatic heterocycles. The van der Waals surface area contributed by atoms with E-state index in [4.69, 9.17) is 21.1 Å². The van der Waals surface area contributed by atoms with Crippen molar-refractivity contribution in [2.24, 2.45) is 0 Å². The van der Waals surface area contributed by atoms with E-state index in [0.29, 0.717) is 68.1 Å². The van der Waals surface area contributed by atoms with E-state index >= 15 is 4.39 Å². The molecule has 0 saturated carbocycles. The van der Waals surface area contributed by atoms with Gasteiger partial charge < -0.3 is 20.1 Å². The summed E-state index contributed by atoms with van der Waals surface area (Å²) in [7, 11) is -2.14. The topological polar surface area (TPSA) is 114 Å². The van der Waals surface area contributed by atoms with Crippen LogP contribution in [-0.4, -0.2) is 81.9 Å². The number of sulfonamides is 1. The third-order valence-electron chi connectivity index (χ3n) is 9.20. The van der Waals surface area contributed by atoms with Gasteiger partial charge in [0.05, 0.1) is 12.9 Å². The van der Waals surface area contributed by atoms with E-state index < -0.39 is 33.4 Å². The van der Waals surface area contributed by atoms with Crippen molar-refractivity contribution in [3.05, 3.63) is 70.0 Å². The fourth-order valence-corrected chi connectivity index (χ4v) is 8.79. The average Bonchev–Trinajstić information content (AvgIpc) is 3.11. The molecule has 43 heavy (non-hydrogen) atoms. The van der Waals surface area contributed by atoms with Gasteiger partial charge in [-0.2, -0.15) is 4.31 Å². The van der Waals surface area contributed by atoms with E-state index in [9.17, 15) is 18.0 Å². The minimum absolute atomic E-state index is 0.120. The van der Waals surface area contributed by atoms with Crippen LogP contribution < -0.4 is 10.6 Å². The molecular weight excluding hydrogens is 597 g/mol. The Morgan fingerprint density at radius 3 is 2.67 bits per heavy atom. The second kappa shape index (κ2) is 13.6. The third-order valence-corrected chi connectivity index (χ3v) is 11.4. The van der Waals surface area contributed by atoms with E-state index in [2.05, 4.69) is 10.6 Å². The molecule has 2 aromatic carbocycles. The van der Waals surface area contributed by atoms with Crippen LogP contribution in [-0.2, 0) is 42.5 Å². The van der Waals surface area contributed by atoms with Gasteiger partial charge in [-0.05, 0) is 73.4 Å². The quantitative estimate of drug-likeness (QED) is 0.431. The van der Waals surface area contributed by atoms with Crippen molar-refractivity contribution in [1.82, 2.24) is 14.9 Å². The number of halogens is 2. The minimum Gasteiger partial charge on any atom is -0.453 e. The van der Waals surface area contributed by atoms with Crippen LogP contribution >= 0.6 is 11.6 Å². The van der Waals surface area contributed by atoms with Crippen molar-refractivity contribution in [2.75, 3.05) is 39.2 Å². The maximum absolute atomic E-state index is 15.3. The second-order valence-corrected chi connectivity index (χ2v) is 14.2. The number of hydrogen-bond donors (Lipinski definition) is 2. The summed E-state index contributed by atoms with van der Waals surface area (Å²) < 4.78 is 53.4. The van der Waals surface area contributed by atoms with E-state index in [1.165, 1.54) is 13.2 Å². The molecule has 3 heterocycles. The molecule has 9 nitrogen and oxygen atoms in total. The van der Waals surface area contributed by atoms with Gasteiger partial charge in [0.2, 0.25) is 10.0 Å². The lowest BCUT2D eigenvalue weighted by Crippen LogP contribution is -2.57. The number of Topliss-reactive ketones (excluding diaryl/α,β-unsaturated/α-hetero) is 1. The van der Waals surface area contributed by atoms with Crippen molar-refractivity contribution in [1.29, 1.82) is 0 Å². The molecule has 2 bridgehead atoms. The molecule has 12 heteroatoms. The highest BCUT2D eigenvalue weighted by Gasteiger charge is 2.46. The molecule has 2 unspecified atom stereocenters. The van der Waals surface area contributed by atoms with Gasteiger partial charge in [-0.25, -0.2) is 17.6 Å². The van der Waals surface area contributed by atoms with Gasteiger partial charge in [-0.3, -0.25) is 4.79 Å². The number of amides is 1. The first-order chi connectivity index (χ1) is 20.6. The molecule has 0 spiro atoms. The predicted molar refractivity (Wildman–Crippen MR) is 161 cm³/mol. The van der Waals surface area contributed by atoms with Crippen LogP contribution in [0.1, 0.15) is 48.8 Å². The SMILES string of the molecule is COC(=O)N[C@H](C(=O)Cc1cccc(F)c1CC[C@H]1CNC2CCCS(=O)(=O)N1C2)C1(c2ccc(Cl)cc2)CCOCC1. The predicted octanol–water partition coefficient (Wildman–Crippen LogP) is 3.76. The first kappa shape index (κ1) is 31.8. The zero-order valence-corrected chi connectivity index (χ0v) is 25.9. The van der Waals surface area contributed by atoms with Gasteiger partial charge >= 0.3 is 6.09 Å². The largest absolute Gasteiger partial charge is 0.453 e. The molecule has 4 atom stereocenters. The van der Waals surface area contributed by atoms with E-state index in [-0.39, 0.29) is 36.5 Å². The molecule has 0 aromatic heterocycles. The fourth-order valence-electron chi connectivity index (χ4n) is 6.86. The van der Waals surface area contributed by atoms with Gasteiger partial charge in [0, 0.05) is 55.2 Å². The van der Waals surface area contributed by atoms with Crippen molar-refractivity contribution >= 4 is 33.5 Å². The van der Waals surface area contributed by atoms with E-state index in [0.717, 1.165) is 12.0 Å². The number of piperazine rings is 1. The Kier molecular flexibility index (Phi) is 10.1. The van der Waals surface area contributed by atoms with Crippen LogP contribution in [0.25, 0.3) is 0 Å². The van der Waals surface area contributed by atoms with Crippen molar-refractivity contribution in [3.63, 3.8) is 0 Å². The molecule has 5 rings (SSSR count). The summed E-state index contributed by atoms with van der Waals surface area (Å²) >= 11 is 6.17. The monoisotopic (exact) mass is 635 g/mol. The van der Waals surface area contributed by atoms with Crippen LogP contribution in [0.2, 0.25) is 5.02 Å². The zero-order valence-electron chi connectivity index (χ0n) is 24.3. The van der Waals surface area contributed by atoms with Crippen LogP contribution in [0.15, 0.2) is 42.5 Å². The number of carbonyl (C=O) groups excluding carboxylic acids is 2. The molecule has 2 N–H and O–H groups in total. The summed E-state index contributed by atoms with van der Waals surface area (Å²) in [6.45, 7) is 1.72. The molecular formula is C31H39ClFN3O6S. The number of benzene rings is 2. The summed E-state index contributed by atoms with van der Waals surface area (Å²) in [6.07, 6.45) is 2.21. The number of methoxy groups -OCH3 is 1. The van der Waals surface area contributed by atoms with Crippen molar-refractivity contribution in [2.45, 2.75) is 68.5 Å². The Bertz CT molecular complexity index is 1420. The number of rotatable bonds is 9. The second-order valence-electron chi connectivity index (χ2n) is 11.7. The van der Waals surface area contributed by atoms with Crippen LogP contribution in [0.4, 0.5) is 9.18 Å². The first-order valence-electron chi connectivity index (χ1n) is 14.8. The Morgan fingerprint density at radius 2 is 1.95 bits per heavy atom. The van der Waals surface area contributed by atoms with Gasteiger partial charge in [-0.1, -0.05) is 35.9 Å². The smallest absolute Gasteiger partial charge is 0.407 e. The first-order valence-corrected chi connectivity index (χ1v) is 16.8. The number of ketones is 1. The van der Waals surface area contributed by atoms with Gasteiger partial charge in [0.1, 0.15) is 11.9 Å². The third kappa shape index (κ3) is 7.06. The number of nitrogens with zero attached hydrogens (tertiary/aromatic N) is 1. The summed E-state index contributed by atoms with van der Waals surface area (Å²) in [5.41, 5.74) is 0.957. The number of alkyl carbamates (subject to hydrolysis) is 1. The molecule has 234 valence electrons. The number of ether oxygens (including phenoxy) is 2. The van der Waals surface area contributed by atoms with E-state index in [1.54, 1.807) is 28.6 Å². The fraction of sp³-hybridized carbons (Fsp3) is 0.548. The zero-order chi connectivity index (χ0) is 30.6. The highest BCUT2D eigenvalue weighted by Crippen LogP contribution is 2.40. The molecule has 0 aliphatic carbocycles. The lowest BCUT2D eigenvalue weighted by molar-refractivity contribution is -0.123. The van der Waals surface area contributed by atoms with Crippen LogP contribution in [0, 0.1) is 5.82 Å². The molecule has 3 fully saturated rings. The van der Waals surface area contributed by atoms with Gasteiger partial charge in [0.15, 0.2) is 5.78 Å². The molecule has 3 aliphatic rings. The normalized spacial score (nSPS) is 25.2. The Morgan fingerprint density at radius 1 is 1.21 bits per heavy atom. The standard InChI is InChI=1S/C31H39ClFN3O6S/c1-41-30(38)35-29(31(13-15-42-16-14-31)22-7-9-23(32)10-8-22)28(37)18-21-4-2-6-27(33)26(21)12-11-25-19-34-24-5-3-17-43(39,40)36(25)20-24/h2,4,6-10,24-25,29,34H,3,5,11-20H2,1H3,(H,35,38)/t24?,25-,29+/m0/s1. The Balaban J connectivity index is 1.41. The summed E-state index contributed by atoms with van der Waals surface area (Å²) in [5.74, 6) is -0.608. The number of carbonyl (C=O) groups is 2. The maximum Gasteiger partial charge on any atom is 0.407 e. The van der Waals surface area contributed by atoms with Gasteiger partial charge in [-0.15, -0.1) is 0 Å². The summed E-state index contributed by atoms with van der Waals surface area (Å²) in [5, 5.41) is 6.79. The van der Waals surface area contributed by atoms with Crippen LogP contribution in [0.5, 0.6) is 0 Å². The minimum atomic E-state index is -3.38. The molecule has 0 radical (unpaired) electrons.